The second-order valence-corrected chi connectivity index (χ2v) is 7.84. The van der Waals surface area contributed by atoms with Crippen molar-refractivity contribution in [2.24, 2.45) is 0 Å². The molecule has 1 aliphatic carbocycles. The van der Waals surface area contributed by atoms with Gasteiger partial charge < -0.3 is 10.3 Å². The van der Waals surface area contributed by atoms with Crippen LogP contribution in [0.15, 0.2) is 47.4 Å². The molecule has 1 aromatic carbocycles. The number of anilines is 1. The number of nitrogens with one attached hydrogen (secondary N) is 2. The molecule has 0 unspecified atom stereocenters. The molecule has 2 N–H and O–H groups in total. The van der Waals surface area contributed by atoms with Crippen molar-refractivity contribution < 1.29 is 0 Å². The van der Waals surface area contributed by atoms with Gasteiger partial charge in [0.05, 0.1) is 15.7 Å². The Balaban J connectivity index is 1.31. The summed E-state index contributed by atoms with van der Waals surface area (Å²) in [5.41, 5.74) is 2.57. The topological polar surface area (TPSA) is 75.6 Å². The lowest BCUT2D eigenvalue weighted by molar-refractivity contribution is 0.334. The van der Waals surface area contributed by atoms with Crippen LogP contribution in [0.3, 0.4) is 0 Å². The zero-order valence-corrected chi connectivity index (χ0v) is 15.0. The van der Waals surface area contributed by atoms with E-state index in [0.717, 1.165) is 47.5 Å². The Hall–Kier alpha value is -2.67. The average molecular weight is 365 g/mol. The van der Waals surface area contributed by atoms with Crippen LogP contribution in [-0.2, 0) is 0 Å². The van der Waals surface area contributed by atoms with Gasteiger partial charge in [0.1, 0.15) is 0 Å². The number of nitrogens with zero attached hydrogens (tertiary/aromatic N) is 3. The molecule has 6 nitrogen and oxygen atoms in total. The summed E-state index contributed by atoms with van der Waals surface area (Å²) in [6, 6.07) is 12.6. The Kier molecular flexibility index (Phi) is 3.74. The fourth-order valence-corrected chi connectivity index (χ4v) is 4.83. The third kappa shape index (κ3) is 2.68. The minimum atomic E-state index is -0.0544. The second-order valence-electron chi connectivity index (χ2n) is 6.81. The van der Waals surface area contributed by atoms with Gasteiger partial charge in [-0.25, -0.2) is 14.8 Å². The number of pyridine rings is 1. The zero-order valence-electron chi connectivity index (χ0n) is 14.2. The van der Waals surface area contributed by atoms with Crippen molar-refractivity contribution in [3.8, 4) is 0 Å². The van der Waals surface area contributed by atoms with E-state index in [9.17, 15) is 4.79 Å². The fourth-order valence-electron chi connectivity index (χ4n) is 3.88. The molecule has 0 amide bonds. The predicted octanol–water partition coefficient (Wildman–Crippen LogP) is 3.93. The first-order valence-corrected chi connectivity index (χ1v) is 9.77. The molecule has 7 heteroatoms. The molecular weight excluding hydrogens is 346 g/mol. The highest BCUT2D eigenvalue weighted by molar-refractivity contribution is 7.22. The van der Waals surface area contributed by atoms with Crippen molar-refractivity contribution in [3.63, 3.8) is 0 Å². The summed E-state index contributed by atoms with van der Waals surface area (Å²) in [7, 11) is 0. The van der Waals surface area contributed by atoms with Crippen molar-refractivity contribution in [1.29, 1.82) is 0 Å². The Morgan fingerprint density at radius 2 is 1.96 bits per heavy atom. The van der Waals surface area contributed by atoms with Crippen LogP contribution in [-0.4, -0.2) is 25.6 Å². The molecule has 0 atom stereocenters. The second kappa shape index (κ2) is 6.25. The van der Waals surface area contributed by atoms with E-state index in [-0.39, 0.29) is 11.7 Å². The van der Waals surface area contributed by atoms with E-state index >= 15 is 0 Å². The van der Waals surface area contributed by atoms with Gasteiger partial charge >= 0.3 is 5.69 Å². The lowest BCUT2D eigenvalue weighted by Crippen LogP contribution is -2.31. The van der Waals surface area contributed by atoms with E-state index in [4.69, 9.17) is 0 Å². The number of aromatic nitrogens is 4. The number of imidazole rings is 1. The number of thiazole rings is 1. The number of aromatic amines is 1. The van der Waals surface area contributed by atoms with Crippen molar-refractivity contribution in [1.82, 2.24) is 19.5 Å². The smallest absolute Gasteiger partial charge is 0.327 e. The van der Waals surface area contributed by atoms with E-state index in [0.29, 0.717) is 6.04 Å². The van der Waals surface area contributed by atoms with Gasteiger partial charge in [-0.15, -0.1) is 0 Å². The number of benzene rings is 1. The Labute approximate surface area is 153 Å². The summed E-state index contributed by atoms with van der Waals surface area (Å²) >= 11 is 1.70. The number of H-pyrrole nitrogens is 1. The molecule has 3 aromatic heterocycles. The lowest BCUT2D eigenvalue weighted by atomic mass is 9.91. The number of hydrogen-bond donors (Lipinski definition) is 2. The van der Waals surface area contributed by atoms with Crippen molar-refractivity contribution in [2.75, 3.05) is 5.32 Å². The zero-order chi connectivity index (χ0) is 17.5. The minimum Gasteiger partial charge on any atom is -0.359 e. The minimum absolute atomic E-state index is 0.0544. The molecule has 0 saturated heterocycles. The van der Waals surface area contributed by atoms with Crippen molar-refractivity contribution >= 4 is 37.8 Å². The third-order valence-electron chi connectivity index (χ3n) is 5.16. The molecule has 3 heterocycles. The summed E-state index contributed by atoms with van der Waals surface area (Å²) in [6.45, 7) is 0. The number of para-hydroxylation sites is 1. The van der Waals surface area contributed by atoms with E-state index < -0.39 is 0 Å². The lowest BCUT2D eigenvalue weighted by Gasteiger charge is -2.29. The first-order valence-electron chi connectivity index (χ1n) is 8.95. The van der Waals surface area contributed by atoms with Gasteiger partial charge in [0, 0.05) is 18.3 Å². The van der Waals surface area contributed by atoms with Crippen LogP contribution < -0.4 is 11.0 Å². The summed E-state index contributed by atoms with van der Waals surface area (Å²) in [6.07, 6.45) is 5.71. The van der Waals surface area contributed by atoms with Crippen LogP contribution >= 0.6 is 11.3 Å². The molecule has 26 heavy (non-hydrogen) atoms. The van der Waals surface area contributed by atoms with Gasteiger partial charge in [-0.1, -0.05) is 23.5 Å². The standard InChI is InChI=1S/C19H19N5OS/c25-19-23-15-5-3-11-20-17(15)24(19)13-9-7-12(8-10-13)21-18-22-14-4-1-2-6-16(14)26-18/h1-6,11-13H,7-10H2,(H,21,22)(H,23,25)/t12-,13-. The normalized spacial score (nSPS) is 20.6. The average Bonchev–Trinajstić information content (AvgIpc) is 3.21. The van der Waals surface area contributed by atoms with Gasteiger partial charge in [0.25, 0.3) is 0 Å². The van der Waals surface area contributed by atoms with Gasteiger partial charge in [-0.2, -0.15) is 0 Å². The monoisotopic (exact) mass is 365 g/mol. The maximum absolute atomic E-state index is 12.4. The molecule has 5 rings (SSSR count). The number of rotatable bonds is 3. The largest absolute Gasteiger partial charge is 0.359 e. The molecule has 0 spiro atoms. The molecule has 4 aromatic rings. The molecule has 1 fully saturated rings. The summed E-state index contributed by atoms with van der Waals surface area (Å²) in [4.78, 5) is 24.3. The molecule has 132 valence electrons. The van der Waals surface area contributed by atoms with Gasteiger partial charge in [-0.05, 0) is 49.9 Å². The molecule has 1 saturated carbocycles. The molecular formula is C19H19N5OS. The summed E-state index contributed by atoms with van der Waals surface area (Å²) in [5.74, 6) is 0. The van der Waals surface area contributed by atoms with Crippen LogP contribution in [0.25, 0.3) is 21.4 Å². The Morgan fingerprint density at radius 1 is 1.12 bits per heavy atom. The Morgan fingerprint density at radius 3 is 2.81 bits per heavy atom. The molecule has 1 aliphatic rings. The highest BCUT2D eigenvalue weighted by Crippen LogP contribution is 2.32. The van der Waals surface area contributed by atoms with Crippen LogP contribution in [0.2, 0.25) is 0 Å². The molecule has 0 radical (unpaired) electrons. The van der Waals surface area contributed by atoms with Crippen LogP contribution in [0.4, 0.5) is 5.13 Å². The first kappa shape index (κ1) is 15.6. The van der Waals surface area contributed by atoms with E-state index in [1.807, 2.05) is 34.9 Å². The van der Waals surface area contributed by atoms with E-state index in [1.165, 1.54) is 4.70 Å². The Bertz CT molecular complexity index is 1090. The maximum atomic E-state index is 12.4. The third-order valence-corrected chi connectivity index (χ3v) is 6.13. The molecule has 0 aliphatic heterocycles. The fraction of sp³-hybridized carbons (Fsp3) is 0.316. The van der Waals surface area contributed by atoms with Crippen LogP contribution in [0.1, 0.15) is 31.7 Å². The van der Waals surface area contributed by atoms with Crippen LogP contribution in [0, 0.1) is 0 Å². The van der Waals surface area contributed by atoms with Crippen molar-refractivity contribution in [3.05, 3.63) is 53.1 Å². The predicted molar refractivity (Wildman–Crippen MR) is 105 cm³/mol. The van der Waals surface area contributed by atoms with Gasteiger partial charge in [0.2, 0.25) is 0 Å². The summed E-state index contributed by atoms with van der Waals surface area (Å²) < 4.78 is 3.04. The maximum Gasteiger partial charge on any atom is 0.327 e. The number of hydrogen-bond acceptors (Lipinski definition) is 5. The van der Waals surface area contributed by atoms with Gasteiger partial charge in [0.15, 0.2) is 10.8 Å². The quantitative estimate of drug-likeness (QED) is 0.577. The first-order chi connectivity index (χ1) is 12.8. The van der Waals surface area contributed by atoms with Crippen LogP contribution in [0.5, 0.6) is 0 Å². The summed E-state index contributed by atoms with van der Waals surface area (Å²) in [5, 5.41) is 4.57. The highest BCUT2D eigenvalue weighted by atomic mass is 32.1. The van der Waals surface area contributed by atoms with Crippen molar-refractivity contribution in [2.45, 2.75) is 37.8 Å². The highest BCUT2D eigenvalue weighted by Gasteiger charge is 2.25. The van der Waals surface area contributed by atoms with Gasteiger partial charge in [-0.3, -0.25) is 4.57 Å². The molecule has 0 bridgehead atoms. The van der Waals surface area contributed by atoms with E-state index in [2.05, 4.69) is 26.3 Å². The SMILES string of the molecule is O=c1[nH]c2cccnc2n1[C@H]1CC[C@H](Nc2nc3ccccc3s2)CC1. The number of fused-ring (bicyclic) bond motifs is 2. The van der Waals surface area contributed by atoms with E-state index in [1.54, 1.807) is 17.5 Å².